The van der Waals surface area contributed by atoms with Gasteiger partial charge in [-0.1, -0.05) is 24.7 Å². The first-order chi connectivity index (χ1) is 4.91. The largest absolute Gasteiger partial charge is 0.369 e. The van der Waals surface area contributed by atoms with Crippen LogP contribution in [0.4, 0.5) is 0 Å². The van der Waals surface area contributed by atoms with Crippen LogP contribution in [0.2, 0.25) is 0 Å². The minimum atomic E-state index is 0.509. The zero-order valence-electron chi connectivity index (χ0n) is 6.31. The molecule has 0 aliphatic carbocycles. The fourth-order valence-corrected chi connectivity index (χ4v) is 0.432. The molecule has 0 aromatic heterocycles. The van der Waals surface area contributed by atoms with Crippen molar-refractivity contribution in [3.8, 4) is 24.2 Å². The topological polar surface area (TPSA) is 9.23 Å². The zero-order chi connectivity index (χ0) is 7.66. The van der Waals surface area contributed by atoms with Crippen LogP contribution in [0.25, 0.3) is 0 Å². The molecule has 0 saturated heterocycles. The summed E-state index contributed by atoms with van der Waals surface area (Å²) in [4.78, 5) is 0. The second-order valence-electron chi connectivity index (χ2n) is 1.79. The molecule has 1 heteroatoms. The van der Waals surface area contributed by atoms with Crippen LogP contribution in [0.5, 0.6) is 0 Å². The van der Waals surface area contributed by atoms with Gasteiger partial charge in [0.1, 0.15) is 6.61 Å². The predicted octanol–water partition coefficient (Wildman–Crippen LogP) is 1.44. The van der Waals surface area contributed by atoms with Crippen molar-refractivity contribution in [2.45, 2.75) is 19.8 Å². The molecule has 0 radical (unpaired) electrons. The van der Waals surface area contributed by atoms with E-state index in [0.29, 0.717) is 13.0 Å². The third kappa shape index (κ3) is 7.08. The minimum Gasteiger partial charge on any atom is -0.369 e. The van der Waals surface area contributed by atoms with E-state index in [1.54, 1.807) is 0 Å². The van der Waals surface area contributed by atoms with E-state index in [-0.39, 0.29) is 0 Å². The highest BCUT2D eigenvalue weighted by atomic mass is 16.5. The van der Waals surface area contributed by atoms with Gasteiger partial charge in [-0.05, 0) is 6.42 Å². The maximum atomic E-state index is 5.09. The highest BCUT2D eigenvalue weighted by Crippen LogP contribution is 1.77. The van der Waals surface area contributed by atoms with E-state index in [0.717, 1.165) is 13.0 Å². The molecule has 10 heavy (non-hydrogen) atoms. The summed E-state index contributed by atoms with van der Waals surface area (Å²) >= 11 is 0. The van der Waals surface area contributed by atoms with Gasteiger partial charge in [-0.3, -0.25) is 0 Å². The van der Waals surface area contributed by atoms with Crippen molar-refractivity contribution in [3.05, 3.63) is 0 Å². The van der Waals surface area contributed by atoms with Crippen LogP contribution in [0.15, 0.2) is 0 Å². The zero-order valence-corrected chi connectivity index (χ0v) is 6.31. The van der Waals surface area contributed by atoms with Crippen LogP contribution in [0.3, 0.4) is 0 Å². The summed E-state index contributed by atoms with van der Waals surface area (Å²) in [5.41, 5.74) is 0. The first kappa shape index (κ1) is 9.08. The third-order valence-electron chi connectivity index (χ3n) is 0.838. The maximum Gasteiger partial charge on any atom is 0.107 e. The highest BCUT2D eigenvalue weighted by Gasteiger charge is 1.76. The van der Waals surface area contributed by atoms with Gasteiger partial charge in [0.2, 0.25) is 0 Å². The van der Waals surface area contributed by atoms with Crippen LogP contribution in [-0.4, -0.2) is 13.2 Å². The van der Waals surface area contributed by atoms with E-state index in [4.69, 9.17) is 11.2 Å². The molecule has 1 nitrogen and oxygen atoms in total. The Balaban J connectivity index is 3.06. The summed E-state index contributed by atoms with van der Waals surface area (Å²) in [5, 5.41) is 0. The average Bonchev–Trinajstić information content (AvgIpc) is 1.97. The van der Waals surface area contributed by atoms with Gasteiger partial charge in [0.15, 0.2) is 0 Å². The van der Waals surface area contributed by atoms with Gasteiger partial charge in [0.25, 0.3) is 0 Å². The molecular weight excluding hydrogens is 124 g/mol. The lowest BCUT2D eigenvalue weighted by atomic mass is 10.4. The van der Waals surface area contributed by atoms with Crippen LogP contribution >= 0.6 is 0 Å². The van der Waals surface area contributed by atoms with Gasteiger partial charge in [-0.2, -0.15) is 0 Å². The van der Waals surface area contributed by atoms with Crippen molar-refractivity contribution in [1.29, 1.82) is 0 Å². The van der Waals surface area contributed by atoms with Crippen molar-refractivity contribution in [2.24, 2.45) is 0 Å². The highest BCUT2D eigenvalue weighted by molar-refractivity contribution is 5.07. The molecule has 0 aliphatic heterocycles. The lowest BCUT2D eigenvalue weighted by Crippen LogP contribution is -1.91. The fourth-order valence-electron chi connectivity index (χ4n) is 0.432. The molecular formula is C9H12O. The number of ether oxygens (including phenoxy) is 1. The maximum absolute atomic E-state index is 5.09. The number of hydrogen-bond acceptors (Lipinski definition) is 1. The van der Waals surface area contributed by atoms with E-state index < -0.39 is 0 Å². The van der Waals surface area contributed by atoms with Crippen molar-refractivity contribution >= 4 is 0 Å². The lowest BCUT2D eigenvalue weighted by Gasteiger charge is -1.92. The lowest BCUT2D eigenvalue weighted by molar-refractivity contribution is 0.168. The van der Waals surface area contributed by atoms with Crippen LogP contribution in [0, 0.1) is 24.2 Å². The Morgan fingerprint density at radius 1 is 1.40 bits per heavy atom. The van der Waals surface area contributed by atoms with Gasteiger partial charge in [0.05, 0.1) is 6.42 Å². The second kappa shape index (κ2) is 8.08. The summed E-state index contributed by atoms with van der Waals surface area (Å²) < 4.78 is 5.09. The fraction of sp³-hybridized carbons (Fsp3) is 0.556. The summed E-state index contributed by atoms with van der Waals surface area (Å²) in [6.07, 6.45) is 6.54. The van der Waals surface area contributed by atoms with Crippen LogP contribution in [0.1, 0.15) is 19.8 Å². The SMILES string of the molecule is C#CCC#CCOCCC. The van der Waals surface area contributed by atoms with Crippen LogP contribution < -0.4 is 0 Å². The number of hydrogen-bond donors (Lipinski definition) is 0. The third-order valence-corrected chi connectivity index (χ3v) is 0.838. The number of terminal acetylenes is 1. The minimum absolute atomic E-state index is 0.509. The molecule has 0 aromatic rings. The normalized spacial score (nSPS) is 7.60. The molecule has 0 N–H and O–H groups in total. The van der Waals surface area contributed by atoms with E-state index in [1.807, 2.05) is 0 Å². The van der Waals surface area contributed by atoms with Gasteiger partial charge in [-0.15, -0.1) is 6.42 Å². The van der Waals surface area contributed by atoms with Crippen LogP contribution in [-0.2, 0) is 4.74 Å². The Kier molecular flexibility index (Phi) is 7.34. The summed E-state index contributed by atoms with van der Waals surface area (Å²) in [5.74, 6) is 8.02. The Hall–Kier alpha value is -0.920. The first-order valence-electron chi connectivity index (χ1n) is 3.38. The molecule has 0 bridgehead atoms. The van der Waals surface area contributed by atoms with E-state index in [2.05, 4.69) is 24.7 Å². The second-order valence-corrected chi connectivity index (χ2v) is 1.79. The Morgan fingerprint density at radius 2 is 2.20 bits per heavy atom. The van der Waals surface area contributed by atoms with E-state index >= 15 is 0 Å². The van der Waals surface area contributed by atoms with Gasteiger partial charge < -0.3 is 4.74 Å². The van der Waals surface area contributed by atoms with E-state index in [1.165, 1.54) is 0 Å². The molecule has 0 saturated carbocycles. The molecule has 0 spiro atoms. The van der Waals surface area contributed by atoms with E-state index in [9.17, 15) is 0 Å². The standard InChI is InChI=1S/C9H12O/c1-3-5-6-7-9-10-8-4-2/h1H,4-5,8-9H2,2H3. The quantitative estimate of drug-likeness (QED) is 0.421. The van der Waals surface area contributed by atoms with Crippen molar-refractivity contribution < 1.29 is 4.74 Å². The number of rotatable bonds is 3. The van der Waals surface area contributed by atoms with Crippen molar-refractivity contribution in [3.63, 3.8) is 0 Å². The molecule has 0 aliphatic rings. The summed E-state index contributed by atoms with van der Waals surface area (Å²) in [6.45, 7) is 3.36. The molecule has 0 aromatic carbocycles. The molecule has 54 valence electrons. The summed E-state index contributed by atoms with van der Waals surface area (Å²) in [7, 11) is 0. The molecule has 0 rings (SSSR count). The molecule has 0 fully saturated rings. The van der Waals surface area contributed by atoms with Gasteiger partial charge in [-0.25, -0.2) is 0 Å². The Labute approximate surface area is 62.8 Å². The Morgan fingerprint density at radius 3 is 2.80 bits per heavy atom. The molecule has 0 amide bonds. The summed E-state index contributed by atoms with van der Waals surface area (Å²) in [6, 6.07) is 0. The first-order valence-corrected chi connectivity index (χ1v) is 3.38. The monoisotopic (exact) mass is 136 g/mol. The molecule has 0 atom stereocenters. The smallest absolute Gasteiger partial charge is 0.107 e. The average molecular weight is 136 g/mol. The predicted molar refractivity (Wildman–Crippen MR) is 42.3 cm³/mol. The Bertz CT molecular complexity index is 154. The van der Waals surface area contributed by atoms with Gasteiger partial charge in [0, 0.05) is 6.61 Å². The van der Waals surface area contributed by atoms with Crippen molar-refractivity contribution in [1.82, 2.24) is 0 Å². The molecule has 0 heterocycles. The molecule has 0 unspecified atom stereocenters. The van der Waals surface area contributed by atoms with Gasteiger partial charge >= 0.3 is 0 Å². The van der Waals surface area contributed by atoms with Crippen molar-refractivity contribution in [2.75, 3.05) is 13.2 Å².